The highest BCUT2D eigenvalue weighted by Gasteiger charge is 2.22. The zero-order valence-corrected chi connectivity index (χ0v) is 10.0. The number of hydrogen-bond acceptors (Lipinski definition) is 3. The lowest BCUT2D eigenvalue weighted by atomic mass is 9.81. The Hall–Kier alpha value is -1.25. The van der Waals surface area contributed by atoms with Gasteiger partial charge in [-0.2, -0.15) is 0 Å². The van der Waals surface area contributed by atoms with Gasteiger partial charge < -0.3 is 11.1 Å². The number of rotatable bonds is 4. The van der Waals surface area contributed by atoms with Crippen molar-refractivity contribution >= 4 is 11.5 Å². The molecule has 1 aromatic rings. The standard InChI is InChI=1S/C12H21N3/c1-9(2)12(3,4)8-15-11-10(13)6-5-7-14-11/h5-7,9H,8,13H2,1-4H3,(H,14,15). The van der Waals surface area contributed by atoms with Crippen molar-refractivity contribution in [2.24, 2.45) is 11.3 Å². The van der Waals surface area contributed by atoms with E-state index in [4.69, 9.17) is 5.73 Å². The molecule has 0 aliphatic heterocycles. The predicted octanol–water partition coefficient (Wildman–Crippen LogP) is 2.76. The smallest absolute Gasteiger partial charge is 0.149 e. The molecule has 0 fully saturated rings. The average Bonchev–Trinajstić information content (AvgIpc) is 2.16. The van der Waals surface area contributed by atoms with E-state index in [1.54, 1.807) is 6.20 Å². The van der Waals surface area contributed by atoms with Gasteiger partial charge in [-0.05, 0) is 23.5 Å². The summed E-state index contributed by atoms with van der Waals surface area (Å²) in [6, 6.07) is 3.70. The third kappa shape index (κ3) is 3.11. The summed E-state index contributed by atoms with van der Waals surface area (Å²) in [4.78, 5) is 4.20. The lowest BCUT2D eigenvalue weighted by molar-refractivity contribution is 0.269. The van der Waals surface area contributed by atoms with E-state index in [2.05, 4.69) is 38.0 Å². The Labute approximate surface area is 92.1 Å². The van der Waals surface area contributed by atoms with Crippen LogP contribution in [-0.2, 0) is 0 Å². The molecule has 1 rings (SSSR count). The number of hydrogen-bond donors (Lipinski definition) is 2. The van der Waals surface area contributed by atoms with Gasteiger partial charge in [0.15, 0.2) is 0 Å². The van der Waals surface area contributed by atoms with Crippen molar-refractivity contribution in [3.05, 3.63) is 18.3 Å². The van der Waals surface area contributed by atoms with Gasteiger partial charge in [0.2, 0.25) is 0 Å². The molecular weight excluding hydrogens is 186 g/mol. The van der Waals surface area contributed by atoms with Gasteiger partial charge in [0.05, 0.1) is 5.69 Å². The van der Waals surface area contributed by atoms with E-state index in [9.17, 15) is 0 Å². The second-order valence-electron chi connectivity index (χ2n) is 4.94. The minimum atomic E-state index is 0.240. The molecule has 0 saturated carbocycles. The fraction of sp³-hybridized carbons (Fsp3) is 0.583. The molecule has 1 aromatic heterocycles. The van der Waals surface area contributed by atoms with Crippen LogP contribution in [0.1, 0.15) is 27.7 Å². The van der Waals surface area contributed by atoms with Crippen LogP contribution in [0.4, 0.5) is 11.5 Å². The molecule has 3 heteroatoms. The molecule has 84 valence electrons. The van der Waals surface area contributed by atoms with E-state index in [1.165, 1.54) is 0 Å². The van der Waals surface area contributed by atoms with Gasteiger partial charge in [-0.25, -0.2) is 4.98 Å². The third-order valence-corrected chi connectivity index (χ3v) is 3.11. The Kier molecular flexibility index (Phi) is 3.56. The Bertz CT molecular complexity index is 318. The normalized spacial score (nSPS) is 11.8. The summed E-state index contributed by atoms with van der Waals surface area (Å²) in [5.74, 6) is 1.40. The molecule has 3 nitrogen and oxygen atoms in total. The first-order valence-corrected chi connectivity index (χ1v) is 5.38. The van der Waals surface area contributed by atoms with Crippen LogP contribution in [0, 0.1) is 11.3 Å². The van der Waals surface area contributed by atoms with Crippen molar-refractivity contribution in [3.8, 4) is 0 Å². The van der Waals surface area contributed by atoms with E-state index < -0.39 is 0 Å². The van der Waals surface area contributed by atoms with Crippen molar-refractivity contribution in [2.45, 2.75) is 27.7 Å². The van der Waals surface area contributed by atoms with E-state index in [-0.39, 0.29) is 5.41 Å². The van der Waals surface area contributed by atoms with Gasteiger partial charge in [-0.1, -0.05) is 27.7 Å². The molecule has 15 heavy (non-hydrogen) atoms. The number of aromatic nitrogens is 1. The van der Waals surface area contributed by atoms with E-state index in [0.29, 0.717) is 11.6 Å². The zero-order chi connectivity index (χ0) is 11.5. The monoisotopic (exact) mass is 207 g/mol. The number of nitrogens with two attached hydrogens (primary N) is 1. The number of nitrogens with zero attached hydrogens (tertiary/aromatic N) is 1. The Morgan fingerprint density at radius 2 is 2.13 bits per heavy atom. The van der Waals surface area contributed by atoms with Crippen LogP contribution in [0.25, 0.3) is 0 Å². The number of pyridine rings is 1. The summed E-state index contributed by atoms with van der Waals surface area (Å²) >= 11 is 0. The SMILES string of the molecule is CC(C)C(C)(C)CNc1ncccc1N. The minimum absolute atomic E-state index is 0.240. The number of anilines is 2. The summed E-state index contributed by atoms with van der Waals surface area (Å²) in [5.41, 5.74) is 6.75. The molecule has 0 unspecified atom stereocenters. The lowest BCUT2D eigenvalue weighted by Gasteiger charge is -2.29. The highest BCUT2D eigenvalue weighted by molar-refractivity contribution is 5.60. The Morgan fingerprint density at radius 3 is 2.67 bits per heavy atom. The van der Waals surface area contributed by atoms with Crippen LogP contribution >= 0.6 is 0 Å². The minimum Gasteiger partial charge on any atom is -0.396 e. The summed E-state index contributed by atoms with van der Waals surface area (Å²) in [6.45, 7) is 9.81. The molecule has 3 N–H and O–H groups in total. The zero-order valence-electron chi connectivity index (χ0n) is 10.0. The maximum absolute atomic E-state index is 5.80. The number of nitrogens with one attached hydrogen (secondary N) is 1. The Morgan fingerprint density at radius 1 is 1.47 bits per heavy atom. The van der Waals surface area contributed by atoms with Crippen molar-refractivity contribution in [1.82, 2.24) is 4.98 Å². The molecule has 0 radical (unpaired) electrons. The van der Waals surface area contributed by atoms with Crippen LogP contribution < -0.4 is 11.1 Å². The van der Waals surface area contributed by atoms with Gasteiger partial charge in [0.25, 0.3) is 0 Å². The molecule has 0 aromatic carbocycles. The molecule has 0 aliphatic rings. The fourth-order valence-corrected chi connectivity index (χ4v) is 1.08. The van der Waals surface area contributed by atoms with Gasteiger partial charge in [-0.3, -0.25) is 0 Å². The van der Waals surface area contributed by atoms with E-state index in [1.807, 2.05) is 12.1 Å². The maximum Gasteiger partial charge on any atom is 0.149 e. The molecule has 0 atom stereocenters. The summed E-state index contributed by atoms with van der Waals surface area (Å²) in [6.07, 6.45) is 1.75. The quantitative estimate of drug-likeness (QED) is 0.798. The summed E-state index contributed by atoms with van der Waals surface area (Å²) < 4.78 is 0. The highest BCUT2D eigenvalue weighted by atomic mass is 15.0. The molecule has 0 bridgehead atoms. The van der Waals surface area contributed by atoms with Crippen molar-refractivity contribution < 1.29 is 0 Å². The molecule has 0 amide bonds. The Balaban J connectivity index is 2.62. The maximum atomic E-state index is 5.80. The lowest BCUT2D eigenvalue weighted by Crippen LogP contribution is -2.29. The van der Waals surface area contributed by atoms with Gasteiger partial charge in [-0.15, -0.1) is 0 Å². The molecular formula is C12H21N3. The molecule has 0 spiro atoms. The molecule has 0 aliphatic carbocycles. The largest absolute Gasteiger partial charge is 0.396 e. The van der Waals surface area contributed by atoms with Crippen molar-refractivity contribution in [3.63, 3.8) is 0 Å². The number of nitrogen functional groups attached to an aromatic ring is 1. The van der Waals surface area contributed by atoms with E-state index in [0.717, 1.165) is 12.4 Å². The van der Waals surface area contributed by atoms with Crippen molar-refractivity contribution in [1.29, 1.82) is 0 Å². The highest BCUT2D eigenvalue weighted by Crippen LogP contribution is 2.26. The topological polar surface area (TPSA) is 50.9 Å². The first kappa shape index (κ1) is 11.8. The average molecular weight is 207 g/mol. The van der Waals surface area contributed by atoms with Gasteiger partial charge in [0.1, 0.15) is 5.82 Å². The first-order chi connectivity index (χ1) is 6.93. The second-order valence-corrected chi connectivity index (χ2v) is 4.94. The van der Waals surface area contributed by atoms with Gasteiger partial charge in [0, 0.05) is 12.7 Å². The summed E-state index contributed by atoms with van der Waals surface area (Å²) in [7, 11) is 0. The van der Waals surface area contributed by atoms with Crippen LogP contribution in [0.3, 0.4) is 0 Å². The predicted molar refractivity (Wildman–Crippen MR) is 65.8 cm³/mol. The molecule has 1 heterocycles. The van der Waals surface area contributed by atoms with Gasteiger partial charge >= 0.3 is 0 Å². The first-order valence-electron chi connectivity index (χ1n) is 5.38. The fourth-order valence-electron chi connectivity index (χ4n) is 1.08. The van der Waals surface area contributed by atoms with Crippen LogP contribution in [0.15, 0.2) is 18.3 Å². The van der Waals surface area contributed by atoms with Crippen LogP contribution in [0.2, 0.25) is 0 Å². The van der Waals surface area contributed by atoms with Crippen molar-refractivity contribution in [2.75, 3.05) is 17.6 Å². The summed E-state index contributed by atoms with van der Waals surface area (Å²) in [5, 5.41) is 3.30. The second kappa shape index (κ2) is 4.51. The van der Waals surface area contributed by atoms with Crippen LogP contribution in [0.5, 0.6) is 0 Å². The third-order valence-electron chi connectivity index (χ3n) is 3.11. The van der Waals surface area contributed by atoms with Crippen LogP contribution in [-0.4, -0.2) is 11.5 Å². The van der Waals surface area contributed by atoms with E-state index >= 15 is 0 Å². The molecule has 0 saturated heterocycles.